The first-order valence-electron chi connectivity index (χ1n) is 7.26. The molecule has 1 N–H and O–H groups in total. The first kappa shape index (κ1) is 13.7. The van der Waals surface area contributed by atoms with Crippen molar-refractivity contribution >= 4 is 5.91 Å². The highest BCUT2D eigenvalue weighted by atomic mass is 16.5. The highest BCUT2D eigenvalue weighted by Gasteiger charge is 2.15. The van der Waals surface area contributed by atoms with Gasteiger partial charge in [-0.05, 0) is 49.6 Å². The van der Waals surface area contributed by atoms with Crippen molar-refractivity contribution in [1.29, 1.82) is 0 Å². The Kier molecular flexibility index (Phi) is 3.90. The average molecular weight is 285 g/mol. The molecular formula is C16H19N3O2. The van der Waals surface area contributed by atoms with Crippen LogP contribution in [0.2, 0.25) is 0 Å². The van der Waals surface area contributed by atoms with E-state index < -0.39 is 0 Å². The van der Waals surface area contributed by atoms with Gasteiger partial charge in [-0.1, -0.05) is 0 Å². The summed E-state index contributed by atoms with van der Waals surface area (Å²) >= 11 is 0. The maximum absolute atomic E-state index is 12.3. The lowest BCUT2D eigenvalue weighted by molar-refractivity contribution is 0.0936. The van der Waals surface area contributed by atoms with Crippen molar-refractivity contribution in [2.45, 2.75) is 32.4 Å². The van der Waals surface area contributed by atoms with Gasteiger partial charge in [-0.2, -0.15) is 5.10 Å². The van der Waals surface area contributed by atoms with Crippen LogP contribution in [0.15, 0.2) is 36.7 Å². The van der Waals surface area contributed by atoms with E-state index in [4.69, 9.17) is 4.74 Å². The van der Waals surface area contributed by atoms with Crippen LogP contribution in [0.1, 0.15) is 29.3 Å². The number of ether oxygens (including phenoxy) is 1. The molecular weight excluding hydrogens is 266 g/mol. The van der Waals surface area contributed by atoms with E-state index in [1.54, 1.807) is 6.20 Å². The fourth-order valence-electron chi connectivity index (χ4n) is 2.54. The van der Waals surface area contributed by atoms with E-state index in [0.717, 1.165) is 30.8 Å². The minimum Gasteiger partial charge on any atom is -0.493 e. The van der Waals surface area contributed by atoms with E-state index in [1.165, 1.54) is 0 Å². The SMILES string of the molecule is C[C@@H](Cn1cccn1)NC(=O)c1ccc2c(c1)CCCO2. The van der Waals surface area contributed by atoms with Crippen molar-refractivity contribution in [3.8, 4) is 5.75 Å². The van der Waals surface area contributed by atoms with Crippen molar-refractivity contribution in [3.05, 3.63) is 47.8 Å². The van der Waals surface area contributed by atoms with E-state index in [0.29, 0.717) is 12.1 Å². The van der Waals surface area contributed by atoms with Gasteiger partial charge in [-0.25, -0.2) is 0 Å². The van der Waals surface area contributed by atoms with E-state index in [9.17, 15) is 4.79 Å². The minimum atomic E-state index is -0.0528. The number of aryl methyl sites for hydroxylation is 1. The predicted octanol–water partition coefficient (Wildman–Crippen LogP) is 2.03. The first-order valence-corrected chi connectivity index (χ1v) is 7.26. The summed E-state index contributed by atoms with van der Waals surface area (Å²) in [4.78, 5) is 12.3. The number of aromatic nitrogens is 2. The molecule has 2 aromatic rings. The van der Waals surface area contributed by atoms with Crippen LogP contribution in [0.25, 0.3) is 0 Å². The molecule has 0 unspecified atom stereocenters. The van der Waals surface area contributed by atoms with Crippen LogP contribution in [0.4, 0.5) is 0 Å². The first-order chi connectivity index (χ1) is 10.2. The molecule has 0 saturated heterocycles. The molecule has 0 fully saturated rings. The highest BCUT2D eigenvalue weighted by molar-refractivity contribution is 5.94. The molecule has 2 heterocycles. The lowest BCUT2D eigenvalue weighted by Gasteiger charge is -2.18. The van der Waals surface area contributed by atoms with Crippen LogP contribution in [-0.4, -0.2) is 28.3 Å². The van der Waals surface area contributed by atoms with E-state index in [1.807, 2.05) is 42.1 Å². The molecule has 5 heteroatoms. The van der Waals surface area contributed by atoms with Gasteiger partial charge in [0.15, 0.2) is 0 Å². The van der Waals surface area contributed by atoms with Gasteiger partial charge >= 0.3 is 0 Å². The number of nitrogens with one attached hydrogen (secondary N) is 1. The van der Waals surface area contributed by atoms with Crippen molar-refractivity contribution in [1.82, 2.24) is 15.1 Å². The Morgan fingerprint density at radius 2 is 2.43 bits per heavy atom. The molecule has 3 rings (SSSR count). The van der Waals surface area contributed by atoms with Gasteiger partial charge in [0.1, 0.15) is 5.75 Å². The number of carbonyl (C=O) groups is 1. The Labute approximate surface area is 123 Å². The van der Waals surface area contributed by atoms with E-state index >= 15 is 0 Å². The third kappa shape index (κ3) is 3.24. The van der Waals surface area contributed by atoms with E-state index in [-0.39, 0.29) is 11.9 Å². The van der Waals surface area contributed by atoms with E-state index in [2.05, 4.69) is 10.4 Å². The third-order valence-corrected chi connectivity index (χ3v) is 3.57. The molecule has 110 valence electrons. The van der Waals surface area contributed by atoms with Crippen LogP contribution in [0.5, 0.6) is 5.75 Å². The van der Waals surface area contributed by atoms with Gasteiger partial charge in [0.05, 0.1) is 13.2 Å². The lowest BCUT2D eigenvalue weighted by Crippen LogP contribution is -2.35. The molecule has 0 spiro atoms. The van der Waals surface area contributed by atoms with Crippen LogP contribution in [-0.2, 0) is 13.0 Å². The predicted molar refractivity (Wildman–Crippen MR) is 79.4 cm³/mol. The number of rotatable bonds is 4. The summed E-state index contributed by atoms with van der Waals surface area (Å²) in [6.07, 6.45) is 5.60. The Balaban J connectivity index is 1.64. The molecule has 0 radical (unpaired) electrons. The topological polar surface area (TPSA) is 56.2 Å². The van der Waals surface area contributed by atoms with Gasteiger partial charge < -0.3 is 10.1 Å². The maximum atomic E-state index is 12.3. The third-order valence-electron chi connectivity index (χ3n) is 3.57. The molecule has 1 aliphatic rings. The Morgan fingerprint density at radius 3 is 3.24 bits per heavy atom. The van der Waals surface area contributed by atoms with Gasteiger partial charge in [0.2, 0.25) is 0 Å². The Hall–Kier alpha value is -2.30. The second-order valence-electron chi connectivity index (χ2n) is 5.38. The highest BCUT2D eigenvalue weighted by Crippen LogP contribution is 2.25. The van der Waals surface area contributed by atoms with Crippen LogP contribution in [0.3, 0.4) is 0 Å². The fourth-order valence-corrected chi connectivity index (χ4v) is 2.54. The molecule has 1 atom stereocenters. The van der Waals surface area contributed by atoms with Crippen LogP contribution in [0, 0.1) is 0 Å². The summed E-state index contributed by atoms with van der Waals surface area (Å²) in [5.74, 6) is 0.852. The molecule has 1 aromatic carbocycles. The normalized spacial score (nSPS) is 14.9. The van der Waals surface area contributed by atoms with Crippen LogP contribution >= 0.6 is 0 Å². The van der Waals surface area contributed by atoms with Crippen molar-refractivity contribution in [3.63, 3.8) is 0 Å². The molecule has 1 amide bonds. The largest absolute Gasteiger partial charge is 0.493 e. The summed E-state index contributed by atoms with van der Waals surface area (Å²) in [5, 5.41) is 7.14. The minimum absolute atomic E-state index is 0.0182. The number of fused-ring (bicyclic) bond motifs is 1. The zero-order valence-electron chi connectivity index (χ0n) is 12.1. The molecule has 0 saturated carbocycles. The van der Waals surface area contributed by atoms with Gasteiger partial charge in [-0.3, -0.25) is 9.48 Å². The van der Waals surface area contributed by atoms with Crippen molar-refractivity contribution < 1.29 is 9.53 Å². The summed E-state index contributed by atoms with van der Waals surface area (Å²) < 4.78 is 7.38. The molecule has 0 bridgehead atoms. The quantitative estimate of drug-likeness (QED) is 0.935. The summed E-state index contributed by atoms with van der Waals surface area (Å²) in [5.41, 5.74) is 1.81. The second-order valence-corrected chi connectivity index (χ2v) is 5.38. The van der Waals surface area contributed by atoms with Gasteiger partial charge in [-0.15, -0.1) is 0 Å². The molecule has 1 aliphatic heterocycles. The van der Waals surface area contributed by atoms with Crippen molar-refractivity contribution in [2.24, 2.45) is 0 Å². The zero-order valence-corrected chi connectivity index (χ0v) is 12.1. The van der Waals surface area contributed by atoms with Crippen LogP contribution < -0.4 is 10.1 Å². The number of hydrogen-bond donors (Lipinski definition) is 1. The molecule has 0 aliphatic carbocycles. The zero-order chi connectivity index (χ0) is 14.7. The molecule has 1 aromatic heterocycles. The van der Waals surface area contributed by atoms with Gasteiger partial charge in [0, 0.05) is 24.0 Å². The lowest BCUT2D eigenvalue weighted by atomic mass is 10.0. The molecule has 5 nitrogen and oxygen atoms in total. The fraction of sp³-hybridized carbons (Fsp3) is 0.375. The number of carbonyl (C=O) groups excluding carboxylic acids is 1. The smallest absolute Gasteiger partial charge is 0.251 e. The number of benzene rings is 1. The summed E-state index contributed by atoms with van der Waals surface area (Å²) in [6.45, 7) is 3.40. The standard InChI is InChI=1S/C16H19N3O2/c1-12(11-19-8-3-7-17-19)18-16(20)14-5-6-15-13(10-14)4-2-9-21-15/h3,5-8,10,12H,2,4,9,11H2,1H3,(H,18,20)/t12-/m0/s1. The number of amides is 1. The summed E-state index contributed by atoms with van der Waals surface area (Å²) in [7, 11) is 0. The monoisotopic (exact) mass is 285 g/mol. The average Bonchev–Trinajstić information content (AvgIpc) is 2.99. The van der Waals surface area contributed by atoms with Gasteiger partial charge in [0.25, 0.3) is 5.91 Å². The Bertz CT molecular complexity index is 622. The Morgan fingerprint density at radius 1 is 1.52 bits per heavy atom. The number of nitrogens with zero attached hydrogens (tertiary/aromatic N) is 2. The number of hydrogen-bond acceptors (Lipinski definition) is 3. The van der Waals surface area contributed by atoms with Crippen molar-refractivity contribution in [2.75, 3.05) is 6.61 Å². The maximum Gasteiger partial charge on any atom is 0.251 e. The second kappa shape index (κ2) is 5.99. The summed E-state index contributed by atoms with van der Waals surface area (Å²) in [6, 6.07) is 7.54. The molecule has 21 heavy (non-hydrogen) atoms.